The minimum Gasteiger partial charge on any atom is -0.316 e. The first-order chi connectivity index (χ1) is 7.70. The van der Waals surface area contributed by atoms with Crippen molar-refractivity contribution in [2.24, 2.45) is 0 Å². The van der Waals surface area contributed by atoms with Crippen LogP contribution in [-0.2, 0) is 6.54 Å². The second kappa shape index (κ2) is 4.99. The molecule has 0 atom stereocenters. The Morgan fingerprint density at radius 1 is 1.50 bits per heavy atom. The molecule has 0 saturated heterocycles. The third-order valence-electron chi connectivity index (χ3n) is 2.21. The summed E-state index contributed by atoms with van der Waals surface area (Å²) in [5.74, 6) is 0. The smallest absolute Gasteiger partial charge is 0.0691 e. The summed E-state index contributed by atoms with van der Waals surface area (Å²) < 4.78 is 2.78. The summed E-state index contributed by atoms with van der Waals surface area (Å²) in [6, 6.07) is 5.78. The number of aromatic nitrogens is 2. The van der Waals surface area contributed by atoms with Gasteiger partial charge in [-0.3, -0.25) is 0 Å². The molecule has 5 heteroatoms. The number of nitrogens with zero attached hydrogens (tertiary/aromatic N) is 2. The summed E-state index contributed by atoms with van der Waals surface area (Å²) in [5.41, 5.74) is 2.15. The first-order valence-corrected chi connectivity index (χ1v) is 6.01. The molecule has 16 heavy (non-hydrogen) atoms. The molecule has 0 spiro atoms. The lowest BCUT2D eigenvalue weighted by Gasteiger charge is -2.09. The molecular weight excluding hydrogens is 289 g/mol. The number of nitrogens with one attached hydrogen (secondary N) is 1. The van der Waals surface area contributed by atoms with E-state index in [2.05, 4.69) is 26.3 Å². The zero-order valence-electron chi connectivity index (χ0n) is 8.74. The third-order valence-corrected chi connectivity index (χ3v) is 2.85. The molecule has 0 aliphatic heterocycles. The molecule has 1 N–H and O–H groups in total. The normalized spacial score (nSPS) is 10.7. The summed E-state index contributed by atoms with van der Waals surface area (Å²) in [4.78, 5) is 0. The maximum atomic E-state index is 5.98. The Labute approximate surface area is 108 Å². The molecule has 0 bridgehead atoms. The van der Waals surface area contributed by atoms with Gasteiger partial charge in [0.1, 0.15) is 0 Å². The molecule has 1 aromatic heterocycles. The molecule has 2 rings (SSSR count). The largest absolute Gasteiger partial charge is 0.316 e. The molecule has 3 nitrogen and oxygen atoms in total. The molecule has 2 aromatic rings. The molecule has 0 fully saturated rings. The highest BCUT2D eigenvalue weighted by Crippen LogP contribution is 2.20. The maximum absolute atomic E-state index is 5.98. The topological polar surface area (TPSA) is 29.9 Å². The summed E-state index contributed by atoms with van der Waals surface area (Å²) in [5, 5.41) is 8.11. The van der Waals surface area contributed by atoms with Gasteiger partial charge in [-0.25, -0.2) is 4.68 Å². The second-order valence-corrected chi connectivity index (χ2v) is 4.76. The summed E-state index contributed by atoms with van der Waals surface area (Å²) >= 11 is 9.36. The van der Waals surface area contributed by atoms with E-state index in [1.165, 1.54) is 0 Å². The van der Waals surface area contributed by atoms with Gasteiger partial charge >= 0.3 is 0 Å². The van der Waals surface area contributed by atoms with Crippen molar-refractivity contribution in [3.05, 3.63) is 45.7 Å². The SMILES string of the molecule is CNCc1cc(Cl)ccc1-n1cc(Br)cn1. The third kappa shape index (κ3) is 2.45. The van der Waals surface area contributed by atoms with Crippen molar-refractivity contribution in [1.82, 2.24) is 15.1 Å². The summed E-state index contributed by atoms with van der Waals surface area (Å²) in [6.45, 7) is 0.757. The van der Waals surface area contributed by atoms with E-state index in [0.29, 0.717) is 0 Å². The molecule has 1 aromatic carbocycles. The van der Waals surface area contributed by atoms with Gasteiger partial charge in [0.2, 0.25) is 0 Å². The predicted octanol–water partition coefficient (Wildman–Crippen LogP) is 3.01. The molecule has 1 heterocycles. The standard InChI is InChI=1S/C11H11BrClN3/c1-14-5-8-4-10(13)2-3-11(8)16-7-9(12)6-15-16/h2-4,6-7,14H,5H2,1H3. The van der Waals surface area contributed by atoms with Gasteiger partial charge in [-0.15, -0.1) is 0 Å². The highest BCUT2D eigenvalue weighted by molar-refractivity contribution is 9.10. The maximum Gasteiger partial charge on any atom is 0.0691 e. The van der Waals surface area contributed by atoms with Crippen LogP contribution >= 0.6 is 27.5 Å². The highest BCUT2D eigenvalue weighted by Gasteiger charge is 2.06. The minimum atomic E-state index is 0.736. The number of benzene rings is 1. The first kappa shape index (κ1) is 11.6. The van der Waals surface area contributed by atoms with Gasteiger partial charge < -0.3 is 5.32 Å². The van der Waals surface area contributed by atoms with E-state index in [9.17, 15) is 0 Å². The fourth-order valence-corrected chi connectivity index (χ4v) is 2.02. The van der Waals surface area contributed by atoms with Crippen LogP contribution < -0.4 is 5.32 Å². The lowest BCUT2D eigenvalue weighted by atomic mass is 10.2. The van der Waals surface area contributed by atoms with Gasteiger partial charge in [-0.2, -0.15) is 5.10 Å². The minimum absolute atomic E-state index is 0.736. The number of rotatable bonds is 3. The Balaban J connectivity index is 2.47. The second-order valence-electron chi connectivity index (χ2n) is 3.41. The van der Waals surface area contributed by atoms with Crippen molar-refractivity contribution in [1.29, 1.82) is 0 Å². The fraction of sp³-hybridized carbons (Fsp3) is 0.182. The number of hydrogen-bond acceptors (Lipinski definition) is 2. The number of hydrogen-bond donors (Lipinski definition) is 1. The summed E-state index contributed by atoms with van der Waals surface area (Å²) in [7, 11) is 1.91. The van der Waals surface area contributed by atoms with Crippen LogP contribution in [0.1, 0.15) is 5.56 Å². The van der Waals surface area contributed by atoms with Crippen LogP contribution in [0.25, 0.3) is 5.69 Å². The Morgan fingerprint density at radius 2 is 2.31 bits per heavy atom. The van der Waals surface area contributed by atoms with Crippen molar-refractivity contribution >= 4 is 27.5 Å². The Morgan fingerprint density at radius 3 is 2.94 bits per heavy atom. The Hall–Kier alpha value is -0.840. The average Bonchev–Trinajstić information content (AvgIpc) is 2.65. The van der Waals surface area contributed by atoms with Gasteiger partial charge in [0, 0.05) is 17.8 Å². The van der Waals surface area contributed by atoms with Crippen molar-refractivity contribution in [2.75, 3.05) is 7.05 Å². The highest BCUT2D eigenvalue weighted by atomic mass is 79.9. The quantitative estimate of drug-likeness (QED) is 0.944. The van der Waals surface area contributed by atoms with E-state index in [4.69, 9.17) is 11.6 Å². The fourth-order valence-electron chi connectivity index (χ4n) is 1.54. The lowest BCUT2D eigenvalue weighted by Crippen LogP contribution is -2.09. The van der Waals surface area contributed by atoms with Crippen LogP contribution in [0.5, 0.6) is 0 Å². The average molecular weight is 301 g/mol. The van der Waals surface area contributed by atoms with E-state index in [-0.39, 0.29) is 0 Å². The van der Waals surface area contributed by atoms with Crippen LogP contribution in [0.2, 0.25) is 5.02 Å². The monoisotopic (exact) mass is 299 g/mol. The molecule has 0 radical (unpaired) electrons. The predicted molar refractivity (Wildman–Crippen MR) is 69.0 cm³/mol. The molecule has 84 valence electrons. The van der Waals surface area contributed by atoms with E-state index < -0.39 is 0 Å². The van der Waals surface area contributed by atoms with Gasteiger partial charge in [0.15, 0.2) is 0 Å². The van der Waals surface area contributed by atoms with Crippen LogP contribution in [-0.4, -0.2) is 16.8 Å². The Bertz CT molecular complexity index is 496. The van der Waals surface area contributed by atoms with Crippen molar-refractivity contribution in [3.8, 4) is 5.69 Å². The molecule has 0 saturated carbocycles. The van der Waals surface area contributed by atoms with Crippen LogP contribution in [0.3, 0.4) is 0 Å². The lowest BCUT2D eigenvalue weighted by molar-refractivity contribution is 0.789. The van der Waals surface area contributed by atoms with E-state index in [0.717, 1.165) is 27.3 Å². The van der Waals surface area contributed by atoms with E-state index >= 15 is 0 Å². The molecule has 0 amide bonds. The summed E-state index contributed by atoms with van der Waals surface area (Å²) in [6.07, 6.45) is 3.68. The zero-order chi connectivity index (χ0) is 11.5. The van der Waals surface area contributed by atoms with E-state index in [1.807, 2.05) is 36.1 Å². The van der Waals surface area contributed by atoms with Gasteiger partial charge in [-0.1, -0.05) is 11.6 Å². The first-order valence-electron chi connectivity index (χ1n) is 4.84. The van der Waals surface area contributed by atoms with Crippen molar-refractivity contribution in [2.45, 2.75) is 6.54 Å². The van der Waals surface area contributed by atoms with Gasteiger partial charge in [0.05, 0.1) is 16.4 Å². The van der Waals surface area contributed by atoms with Gasteiger partial charge in [-0.05, 0) is 46.7 Å². The molecule has 0 aliphatic rings. The molecule has 0 aliphatic carbocycles. The van der Waals surface area contributed by atoms with Crippen LogP contribution in [0, 0.1) is 0 Å². The molecule has 0 unspecified atom stereocenters. The Kier molecular flexibility index (Phi) is 3.63. The molecular formula is C11H11BrClN3. The van der Waals surface area contributed by atoms with E-state index in [1.54, 1.807) is 6.20 Å². The van der Waals surface area contributed by atoms with Crippen LogP contribution in [0.4, 0.5) is 0 Å². The van der Waals surface area contributed by atoms with Gasteiger partial charge in [0.25, 0.3) is 0 Å². The van der Waals surface area contributed by atoms with Crippen LogP contribution in [0.15, 0.2) is 35.1 Å². The number of halogens is 2. The van der Waals surface area contributed by atoms with Crippen molar-refractivity contribution < 1.29 is 0 Å². The zero-order valence-corrected chi connectivity index (χ0v) is 11.1. The van der Waals surface area contributed by atoms with Crippen molar-refractivity contribution in [3.63, 3.8) is 0 Å².